The average Bonchev–Trinajstić information content (AvgIpc) is 2.50. The van der Waals surface area contributed by atoms with E-state index in [-0.39, 0.29) is 12.3 Å². The number of ether oxygens (including phenoxy) is 2. The molecule has 0 unspecified atom stereocenters. The summed E-state index contributed by atoms with van der Waals surface area (Å²) >= 11 is 18.0. The van der Waals surface area contributed by atoms with Crippen LogP contribution in [0.15, 0.2) is 30.3 Å². The predicted octanol–water partition coefficient (Wildman–Crippen LogP) is 4.60. The summed E-state index contributed by atoms with van der Waals surface area (Å²) in [5.41, 5.74) is 1.23. The fourth-order valence-corrected chi connectivity index (χ4v) is 2.98. The summed E-state index contributed by atoms with van der Waals surface area (Å²) < 4.78 is 10.9. The molecule has 0 bridgehead atoms. The SMILES string of the molecule is O=C(Cc1cc(Cl)c2c(c1)OCCO2)Nc1ccc(Cl)cc1Cl. The molecule has 1 aliphatic heterocycles. The summed E-state index contributed by atoms with van der Waals surface area (Å²) in [7, 11) is 0. The minimum absolute atomic E-state index is 0.134. The standard InChI is InChI=1S/C16H12Cl3NO3/c17-10-1-2-13(11(18)8-10)20-15(21)7-9-5-12(19)16-14(6-9)22-3-4-23-16/h1-2,5-6,8H,3-4,7H2,(H,20,21). The van der Waals surface area contributed by atoms with Crippen molar-refractivity contribution in [2.24, 2.45) is 0 Å². The molecule has 1 heterocycles. The first-order valence-electron chi connectivity index (χ1n) is 6.86. The van der Waals surface area contributed by atoms with Gasteiger partial charge in [-0.3, -0.25) is 4.79 Å². The Morgan fingerprint density at radius 1 is 1.04 bits per heavy atom. The maximum atomic E-state index is 12.2. The second-order valence-corrected chi connectivity index (χ2v) is 6.20. The van der Waals surface area contributed by atoms with Crippen LogP contribution in [0.5, 0.6) is 11.5 Å². The van der Waals surface area contributed by atoms with Gasteiger partial charge in [-0.1, -0.05) is 34.8 Å². The zero-order valence-electron chi connectivity index (χ0n) is 11.9. The Bertz CT molecular complexity index is 764. The van der Waals surface area contributed by atoms with Crippen LogP contribution in [0.2, 0.25) is 15.1 Å². The van der Waals surface area contributed by atoms with Crippen molar-refractivity contribution in [1.82, 2.24) is 0 Å². The van der Waals surface area contributed by atoms with Gasteiger partial charge in [0, 0.05) is 5.02 Å². The molecule has 1 N–H and O–H groups in total. The molecule has 4 nitrogen and oxygen atoms in total. The lowest BCUT2D eigenvalue weighted by Gasteiger charge is -2.20. The van der Waals surface area contributed by atoms with Crippen molar-refractivity contribution in [3.63, 3.8) is 0 Å². The van der Waals surface area contributed by atoms with E-state index in [0.29, 0.717) is 45.5 Å². The molecule has 7 heteroatoms. The van der Waals surface area contributed by atoms with E-state index < -0.39 is 0 Å². The van der Waals surface area contributed by atoms with E-state index in [1.54, 1.807) is 30.3 Å². The van der Waals surface area contributed by atoms with E-state index in [9.17, 15) is 4.79 Å². The van der Waals surface area contributed by atoms with Gasteiger partial charge in [0.25, 0.3) is 0 Å². The molecule has 0 saturated carbocycles. The van der Waals surface area contributed by atoms with Crippen molar-refractivity contribution in [3.8, 4) is 11.5 Å². The number of rotatable bonds is 3. The lowest BCUT2D eigenvalue weighted by atomic mass is 10.1. The first-order valence-corrected chi connectivity index (χ1v) is 7.99. The van der Waals surface area contributed by atoms with Crippen LogP contribution < -0.4 is 14.8 Å². The third-order valence-electron chi connectivity index (χ3n) is 3.23. The first-order chi connectivity index (χ1) is 11.0. The molecule has 0 atom stereocenters. The largest absolute Gasteiger partial charge is 0.486 e. The van der Waals surface area contributed by atoms with Gasteiger partial charge < -0.3 is 14.8 Å². The second-order valence-electron chi connectivity index (χ2n) is 4.95. The molecule has 0 aliphatic carbocycles. The van der Waals surface area contributed by atoms with Crippen LogP contribution in [0.1, 0.15) is 5.56 Å². The summed E-state index contributed by atoms with van der Waals surface area (Å²) in [5.74, 6) is 0.848. The van der Waals surface area contributed by atoms with Crippen molar-refractivity contribution in [2.75, 3.05) is 18.5 Å². The lowest BCUT2D eigenvalue weighted by molar-refractivity contribution is -0.115. The van der Waals surface area contributed by atoms with E-state index in [1.165, 1.54) is 0 Å². The van der Waals surface area contributed by atoms with Crippen molar-refractivity contribution in [2.45, 2.75) is 6.42 Å². The van der Waals surface area contributed by atoms with E-state index in [0.717, 1.165) is 5.56 Å². The van der Waals surface area contributed by atoms with Crippen LogP contribution in [-0.2, 0) is 11.2 Å². The van der Waals surface area contributed by atoms with Crippen LogP contribution in [0.4, 0.5) is 5.69 Å². The maximum absolute atomic E-state index is 12.2. The minimum Gasteiger partial charge on any atom is -0.486 e. The molecule has 0 fully saturated rings. The van der Waals surface area contributed by atoms with Crippen molar-refractivity contribution >= 4 is 46.4 Å². The Balaban J connectivity index is 1.74. The van der Waals surface area contributed by atoms with E-state index in [2.05, 4.69) is 5.32 Å². The van der Waals surface area contributed by atoms with Crippen LogP contribution in [0, 0.1) is 0 Å². The van der Waals surface area contributed by atoms with Crippen LogP contribution in [-0.4, -0.2) is 19.1 Å². The molecule has 0 radical (unpaired) electrons. The lowest BCUT2D eigenvalue weighted by Crippen LogP contribution is -2.17. The molecule has 0 aromatic heterocycles. The Hall–Kier alpha value is -1.62. The number of halogens is 3. The number of amides is 1. The highest BCUT2D eigenvalue weighted by atomic mass is 35.5. The smallest absolute Gasteiger partial charge is 0.228 e. The second kappa shape index (κ2) is 6.87. The summed E-state index contributed by atoms with van der Waals surface area (Å²) in [6, 6.07) is 8.32. The highest BCUT2D eigenvalue weighted by molar-refractivity contribution is 6.36. The van der Waals surface area contributed by atoms with Gasteiger partial charge in [0.05, 0.1) is 22.2 Å². The minimum atomic E-state index is -0.220. The van der Waals surface area contributed by atoms with Gasteiger partial charge in [0.15, 0.2) is 11.5 Å². The van der Waals surface area contributed by atoms with E-state index in [4.69, 9.17) is 44.3 Å². The average molecular weight is 373 g/mol. The van der Waals surface area contributed by atoms with E-state index >= 15 is 0 Å². The number of carbonyl (C=O) groups is 1. The fraction of sp³-hybridized carbons (Fsp3) is 0.188. The van der Waals surface area contributed by atoms with Crippen molar-refractivity contribution in [3.05, 3.63) is 51.0 Å². The zero-order chi connectivity index (χ0) is 16.4. The molecule has 1 amide bonds. The first kappa shape index (κ1) is 16.2. The summed E-state index contributed by atoms with van der Waals surface area (Å²) in [6.45, 7) is 0.918. The molecular weight excluding hydrogens is 361 g/mol. The van der Waals surface area contributed by atoms with Gasteiger partial charge in [-0.2, -0.15) is 0 Å². The van der Waals surface area contributed by atoms with Gasteiger partial charge in [0.1, 0.15) is 13.2 Å². The van der Waals surface area contributed by atoms with Crippen molar-refractivity contribution in [1.29, 1.82) is 0 Å². The van der Waals surface area contributed by atoms with Gasteiger partial charge >= 0.3 is 0 Å². The number of nitrogens with one attached hydrogen (secondary N) is 1. The van der Waals surface area contributed by atoms with Crippen LogP contribution in [0.3, 0.4) is 0 Å². The summed E-state index contributed by atoms with van der Waals surface area (Å²) in [5, 5.41) is 4.05. The Kier molecular flexibility index (Phi) is 4.85. The topological polar surface area (TPSA) is 47.6 Å². The number of carbonyl (C=O) groups excluding carboxylic acids is 1. The van der Waals surface area contributed by atoms with Gasteiger partial charge in [0.2, 0.25) is 5.91 Å². The van der Waals surface area contributed by atoms with Crippen LogP contribution in [0.25, 0.3) is 0 Å². The number of hydrogen-bond acceptors (Lipinski definition) is 3. The molecule has 2 aromatic carbocycles. The highest BCUT2D eigenvalue weighted by Gasteiger charge is 2.18. The fourth-order valence-electron chi connectivity index (χ4n) is 2.24. The van der Waals surface area contributed by atoms with Gasteiger partial charge in [-0.15, -0.1) is 0 Å². The molecule has 23 heavy (non-hydrogen) atoms. The summed E-state index contributed by atoms with van der Waals surface area (Å²) in [6.07, 6.45) is 0.134. The summed E-state index contributed by atoms with van der Waals surface area (Å²) in [4.78, 5) is 12.2. The number of benzene rings is 2. The molecule has 120 valence electrons. The van der Waals surface area contributed by atoms with Crippen molar-refractivity contribution < 1.29 is 14.3 Å². The third kappa shape index (κ3) is 3.83. The third-order valence-corrected chi connectivity index (χ3v) is 4.06. The molecule has 3 rings (SSSR count). The highest BCUT2D eigenvalue weighted by Crippen LogP contribution is 2.38. The van der Waals surface area contributed by atoms with Gasteiger partial charge in [-0.25, -0.2) is 0 Å². The quantitative estimate of drug-likeness (QED) is 0.856. The molecule has 0 saturated heterocycles. The maximum Gasteiger partial charge on any atom is 0.228 e. The van der Waals surface area contributed by atoms with Crippen LogP contribution >= 0.6 is 34.8 Å². The molecule has 1 aliphatic rings. The Labute approximate surface area is 148 Å². The molecular formula is C16H12Cl3NO3. The molecule has 0 spiro atoms. The van der Waals surface area contributed by atoms with Gasteiger partial charge in [-0.05, 0) is 35.9 Å². The zero-order valence-corrected chi connectivity index (χ0v) is 14.1. The monoisotopic (exact) mass is 371 g/mol. The Morgan fingerprint density at radius 3 is 2.61 bits per heavy atom. The van der Waals surface area contributed by atoms with E-state index in [1.807, 2.05) is 0 Å². The molecule has 2 aromatic rings. The number of hydrogen-bond donors (Lipinski definition) is 1. The predicted molar refractivity (Wildman–Crippen MR) is 91.2 cm³/mol. The normalized spacial score (nSPS) is 12.8. The number of anilines is 1. The Morgan fingerprint density at radius 2 is 1.83 bits per heavy atom. The number of fused-ring (bicyclic) bond motifs is 1.